The van der Waals surface area contributed by atoms with Crippen LogP contribution in [0.3, 0.4) is 0 Å². The topological polar surface area (TPSA) is 65.4 Å². The highest BCUT2D eigenvalue weighted by atomic mass is 16.5. The van der Waals surface area contributed by atoms with E-state index in [2.05, 4.69) is 16.3 Å². The number of ether oxygens (including phenoxy) is 1. The minimum atomic E-state index is 0.151. The summed E-state index contributed by atoms with van der Waals surface area (Å²) < 4.78 is 5.64. The van der Waals surface area contributed by atoms with Crippen molar-refractivity contribution in [2.24, 2.45) is 0 Å². The number of hydrogen-bond acceptors (Lipinski definition) is 4. The van der Waals surface area contributed by atoms with E-state index in [9.17, 15) is 4.79 Å². The Balaban J connectivity index is 1.59. The molecule has 1 unspecified atom stereocenters. The molecule has 0 aromatic rings. The molecule has 0 radical (unpaired) electrons. The average molecular weight is 279 g/mol. The first kappa shape index (κ1) is 15.3. The molecule has 0 aromatic carbocycles. The van der Waals surface area contributed by atoms with E-state index in [1.165, 1.54) is 6.42 Å². The largest absolute Gasteiger partial charge is 0.378 e. The van der Waals surface area contributed by atoms with Gasteiger partial charge in [0.2, 0.25) is 5.91 Å². The maximum absolute atomic E-state index is 11.9. The molecular formula is C15H25N3O2. The van der Waals surface area contributed by atoms with Gasteiger partial charge in [0, 0.05) is 32.2 Å². The van der Waals surface area contributed by atoms with Gasteiger partial charge in [0.15, 0.2) is 0 Å². The van der Waals surface area contributed by atoms with Crippen molar-refractivity contribution in [2.75, 3.05) is 26.2 Å². The fraction of sp³-hybridized carbons (Fsp3) is 0.867. The standard InChI is InChI=1S/C15H25N3O2/c16-8-11-18-9-6-13(7-10-18)17-15(19)5-4-14-3-1-2-12-20-14/h13-14H,1-7,9-12H2,(H,17,19). The summed E-state index contributed by atoms with van der Waals surface area (Å²) in [5.74, 6) is 0.151. The van der Waals surface area contributed by atoms with Gasteiger partial charge in [0.05, 0.1) is 18.7 Å². The van der Waals surface area contributed by atoms with Gasteiger partial charge in [0.25, 0.3) is 0 Å². The second kappa shape index (κ2) is 8.23. The first-order chi connectivity index (χ1) is 9.78. The second-order valence-electron chi connectivity index (χ2n) is 5.80. The highest BCUT2D eigenvalue weighted by Gasteiger charge is 2.21. The third kappa shape index (κ3) is 5.10. The number of nitriles is 1. The Morgan fingerprint density at radius 1 is 1.30 bits per heavy atom. The Morgan fingerprint density at radius 3 is 2.75 bits per heavy atom. The molecule has 1 N–H and O–H groups in total. The molecular weight excluding hydrogens is 254 g/mol. The van der Waals surface area contributed by atoms with Crippen molar-refractivity contribution in [3.05, 3.63) is 0 Å². The maximum Gasteiger partial charge on any atom is 0.220 e. The van der Waals surface area contributed by atoms with Crippen LogP contribution < -0.4 is 5.32 Å². The van der Waals surface area contributed by atoms with Crippen molar-refractivity contribution >= 4 is 5.91 Å². The number of carbonyl (C=O) groups is 1. The number of carbonyl (C=O) groups excluding carboxylic acids is 1. The molecule has 2 aliphatic rings. The van der Waals surface area contributed by atoms with Gasteiger partial charge in [-0.25, -0.2) is 0 Å². The van der Waals surface area contributed by atoms with Gasteiger partial charge in [-0.05, 0) is 38.5 Å². The van der Waals surface area contributed by atoms with Crippen LogP contribution in [0.15, 0.2) is 0 Å². The fourth-order valence-corrected chi connectivity index (χ4v) is 2.96. The molecule has 0 spiro atoms. The number of piperidine rings is 1. The van der Waals surface area contributed by atoms with Crippen LogP contribution in [-0.2, 0) is 9.53 Å². The molecule has 2 saturated heterocycles. The predicted molar refractivity (Wildman–Crippen MR) is 76.0 cm³/mol. The van der Waals surface area contributed by atoms with E-state index in [4.69, 9.17) is 10.00 Å². The van der Waals surface area contributed by atoms with Crippen LogP contribution >= 0.6 is 0 Å². The minimum Gasteiger partial charge on any atom is -0.378 e. The van der Waals surface area contributed by atoms with Gasteiger partial charge in [-0.3, -0.25) is 9.69 Å². The molecule has 112 valence electrons. The van der Waals surface area contributed by atoms with Crippen LogP contribution in [-0.4, -0.2) is 49.2 Å². The number of hydrogen-bond donors (Lipinski definition) is 1. The van der Waals surface area contributed by atoms with Crippen molar-refractivity contribution in [2.45, 2.75) is 57.1 Å². The van der Waals surface area contributed by atoms with Crippen LogP contribution in [0.5, 0.6) is 0 Å². The summed E-state index contributed by atoms with van der Waals surface area (Å²) in [7, 11) is 0. The third-order valence-electron chi connectivity index (χ3n) is 4.21. The molecule has 2 fully saturated rings. The van der Waals surface area contributed by atoms with Crippen molar-refractivity contribution in [1.82, 2.24) is 10.2 Å². The van der Waals surface area contributed by atoms with E-state index in [-0.39, 0.29) is 18.1 Å². The van der Waals surface area contributed by atoms with Crippen LogP contribution in [0.4, 0.5) is 0 Å². The summed E-state index contributed by atoms with van der Waals surface area (Å²) >= 11 is 0. The Hall–Kier alpha value is -1.12. The summed E-state index contributed by atoms with van der Waals surface area (Å²) in [5.41, 5.74) is 0. The Morgan fingerprint density at radius 2 is 2.10 bits per heavy atom. The molecule has 20 heavy (non-hydrogen) atoms. The predicted octanol–water partition coefficient (Wildman–Crippen LogP) is 1.44. The normalized spacial score (nSPS) is 25.1. The zero-order chi connectivity index (χ0) is 14.2. The lowest BCUT2D eigenvalue weighted by atomic mass is 10.0. The first-order valence-electron chi connectivity index (χ1n) is 7.78. The molecule has 5 nitrogen and oxygen atoms in total. The Labute approximate surface area is 121 Å². The number of amides is 1. The van der Waals surface area contributed by atoms with Crippen molar-refractivity contribution < 1.29 is 9.53 Å². The lowest BCUT2D eigenvalue weighted by Gasteiger charge is -2.30. The minimum absolute atomic E-state index is 0.151. The molecule has 0 bridgehead atoms. The van der Waals surface area contributed by atoms with E-state index in [1.807, 2.05) is 0 Å². The van der Waals surface area contributed by atoms with Gasteiger partial charge in [-0.2, -0.15) is 5.26 Å². The lowest BCUT2D eigenvalue weighted by molar-refractivity contribution is -0.123. The zero-order valence-electron chi connectivity index (χ0n) is 12.1. The SMILES string of the molecule is N#CCN1CCC(NC(=O)CCC2CCCCO2)CC1. The number of nitrogens with one attached hydrogen (secondary N) is 1. The third-order valence-corrected chi connectivity index (χ3v) is 4.21. The monoisotopic (exact) mass is 279 g/mol. The Kier molecular flexibility index (Phi) is 6.28. The van der Waals surface area contributed by atoms with Gasteiger partial charge in [-0.1, -0.05) is 0 Å². The summed E-state index contributed by atoms with van der Waals surface area (Å²) in [6.45, 7) is 3.16. The molecule has 2 rings (SSSR count). The lowest BCUT2D eigenvalue weighted by Crippen LogP contribution is -2.44. The summed E-state index contributed by atoms with van der Waals surface area (Å²) in [4.78, 5) is 14.1. The molecule has 1 atom stereocenters. The van der Waals surface area contributed by atoms with E-state index >= 15 is 0 Å². The summed E-state index contributed by atoms with van der Waals surface area (Å²) in [6, 6.07) is 2.46. The molecule has 5 heteroatoms. The van der Waals surface area contributed by atoms with Gasteiger partial charge >= 0.3 is 0 Å². The van der Waals surface area contributed by atoms with Crippen LogP contribution in [0.1, 0.15) is 44.9 Å². The van der Waals surface area contributed by atoms with Gasteiger partial charge < -0.3 is 10.1 Å². The highest BCUT2D eigenvalue weighted by molar-refractivity contribution is 5.76. The molecule has 0 saturated carbocycles. The number of likely N-dealkylation sites (tertiary alicyclic amines) is 1. The number of rotatable bonds is 5. The summed E-state index contributed by atoms with van der Waals surface area (Å²) in [5, 5.41) is 11.8. The van der Waals surface area contributed by atoms with E-state index in [0.29, 0.717) is 13.0 Å². The van der Waals surface area contributed by atoms with E-state index in [0.717, 1.165) is 51.8 Å². The molecule has 0 aromatic heterocycles. The van der Waals surface area contributed by atoms with Crippen molar-refractivity contribution in [3.63, 3.8) is 0 Å². The first-order valence-corrected chi connectivity index (χ1v) is 7.78. The van der Waals surface area contributed by atoms with Crippen molar-refractivity contribution in [1.29, 1.82) is 5.26 Å². The second-order valence-corrected chi connectivity index (χ2v) is 5.80. The number of nitrogens with zero attached hydrogens (tertiary/aromatic N) is 2. The molecule has 1 amide bonds. The van der Waals surface area contributed by atoms with Gasteiger partial charge in [0.1, 0.15) is 0 Å². The van der Waals surface area contributed by atoms with Crippen LogP contribution in [0, 0.1) is 11.3 Å². The average Bonchev–Trinajstić information content (AvgIpc) is 2.49. The quantitative estimate of drug-likeness (QED) is 0.773. The summed E-state index contributed by atoms with van der Waals surface area (Å²) in [6.07, 6.45) is 7.09. The molecule has 2 aliphatic heterocycles. The van der Waals surface area contributed by atoms with Crippen LogP contribution in [0.25, 0.3) is 0 Å². The van der Waals surface area contributed by atoms with Crippen molar-refractivity contribution in [3.8, 4) is 6.07 Å². The van der Waals surface area contributed by atoms with E-state index < -0.39 is 0 Å². The molecule has 0 aliphatic carbocycles. The smallest absolute Gasteiger partial charge is 0.220 e. The van der Waals surface area contributed by atoms with Gasteiger partial charge in [-0.15, -0.1) is 0 Å². The molecule has 2 heterocycles. The maximum atomic E-state index is 11.9. The zero-order valence-corrected chi connectivity index (χ0v) is 12.1. The highest BCUT2D eigenvalue weighted by Crippen LogP contribution is 2.17. The van der Waals surface area contributed by atoms with E-state index in [1.54, 1.807) is 0 Å². The fourth-order valence-electron chi connectivity index (χ4n) is 2.96. The Bertz CT molecular complexity index is 340. The van der Waals surface area contributed by atoms with Crippen LogP contribution in [0.2, 0.25) is 0 Å².